The van der Waals surface area contributed by atoms with Gasteiger partial charge in [-0.25, -0.2) is 0 Å². The zero-order chi connectivity index (χ0) is 18.9. The molecular weight excluding hydrogens is 330 g/mol. The van der Waals surface area contributed by atoms with Crippen LogP contribution >= 0.6 is 0 Å². The molecule has 0 heterocycles. The fourth-order valence-corrected chi connectivity index (χ4v) is 7.01. The number of hydrogen-bond acceptors (Lipinski definition) is 5. The van der Waals surface area contributed by atoms with E-state index >= 15 is 0 Å². The van der Waals surface area contributed by atoms with Crippen LogP contribution in [0.4, 0.5) is 0 Å². The monoisotopic (exact) mass is 359 g/mol. The highest BCUT2D eigenvalue weighted by atomic mass is 16.3. The van der Waals surface area contributed by atoms with Crippen molar-refractivity contribution in [2.24, 2.45) is 34.3 Å². The van der Waals surface area contributed by atoms with Crippen molar-refractivity contribution < 1.29 is 19.5 Å². The molecule has 5 nitrogen and oxygen atoms in total. The van der Waals surface area contributed by atoms with Gasteiger partial charge in [-0.1, -0.05) is 19.4 Å². The first-order valence-electron chi connectivity index (χ1n) is 9.90. The molecule has 4 rings (SSSR count). The second-order valence-corrected chi connectivity index (χ2v) is 9.43. The van der Waals surface area contributed by atoms with Crippen molar-refractivity contribution in [3.8, 4) is 0 Å². The van der Waals surface area contributed by atoms with Gasteiger partial charge in [0.15, 0.2) is 11.6 Å². The highest BCUT2D eigenvalue weighted by Crippen LogP contribution is 2.66. The highest BCUT2D eigenvalue weighted by molar-refractivity contribution is 5.94. The Morgan fingerprint density at radius 3 is 2.65 bits per heavy atom. The first-order chi connectivity index (χ1) is 12.2. The van der Waals surface area contributed by atoms with Crippen LogP contribution in [0.15, 0.2) is 11.6 Å². The number of carbonyl (C=O) groups is 3. The Hall–Kier alpha value is -1.33. The molecule has 4 aliphatic rings. The van der Waals surface area contributed by atoms with Gasteiger partial charge in [-0.05, 0) is 55.4 Å². The third-order valence-electron chi connectivity index (χ3n) is 8.45. The first-order valence-corrected chi connectivity index (χ1v) is 9.90. The zero-order valence-electron chi connectivity index (χ0n) is 15.7. The molecule has 0 aliphatic heterocycles. The average Bonchev–Trinajstić information content (AvgIpc) is 2.86. The molecule has 3 fully saturated rings. The van der Waals surface area contributed by atoms with Crippen LogP contribution in [0.25, 0.3) is 0 Å². The maximum Gasteiger partial charge on any atom is 0.178 e. The lowest BCUT2D eigenvalue weighted by atomic mass is 9.46. The smallest absolute Gasteiger partial charge is 0.178 e. The van der Waals surface area contributed by atoms with Crippen LogP contribution < -0.4 is 5.73 Å². The van der Waals surface area contributed by atoms with E-state index < -0.39 is 11.0 Å². The van der Waals surface area contributed by atoms with E-state index in [9.17, 15) is 19.5 Å². The molecule has 0 aromatic heterocycles. The number of allylic oxidation sites excluding steroid dienone is 1. The fraction of sp³-hybridized carbons (Fsp3) is 0.762. The van der Waals surface area contributed by atoms with Crippen molar-refractivity contribution in [3.05, 3.63) is 11.6 Å². The molecule has 142 valence electrons. The molecule has 0 spiro atoms. The van der Waals surface area contributed by atoms with E-state index in [1.54, 1.807) is 6.08 Å². The number of Topliss-reactive ketones (excluding diaryl/α,β-unsaturated/α-hetero) is 2. The van der Waals surface area contributed by atoms with Gasteiger partial charge < -0.3 is 10.8 Å². The standard InChI is InChI=1S/C21H29NO4/c1-19-7-5-13(23)9-12(19)3-4-14-15-6-8-21(26,17(25)11-22)20(15,2)10-16(24)18(14)19/h9,14-15,18,26H,3-8,10-11,22H2,1-2H3/t14-,15-,18+,19?,20?,21-/m0/s1. The highest BCUT2D eigenvalue weighted by Gasteiger charge is 2.68. The molecule has 0 radical (unpaired) electrons. The summed E-state index contributed by atoms with van der Waals surface area (Å²) in [5, 5.41) is 11.2. The number of ketones is 3. The van der Waals surface area contributed by atoms with Crippen LogP contribution in [0, 0.1) is 28.6 Å². The largest absolute Gasteiger partial charge is 0.381 e. The Morgan fingerprint density at radius 1 is 1.23 bits per heavy atom. The molecule has 0 aromatic rings. The molecule has 0 saturated heterocycles. The van der Waals surface area contributed by atoms with Crippen molar-refractivity contribution in [3.63, 3.8) is 0 Å². The summed E-state index contributed by atoms with van der Waals surface area (Å²) >= 11 is 0. The van der Waals surface area contributed by atoms with E-state index in [1.807, 2.05) is 6.92 Å². The maximum absolute atomic E-state index is 13.4. The van der Waals surface area contributed by atoms with Gasteiger partial charge in [-0.2, -0.15) is 0 Å². The van der Waals surface area contributed by atoms with Gasteiger partial charge >= 0.3 is 0 Å². The lowest BCUT2D eigenvalue weighted by molar-refractivity contribution is -0.168. The molecule has 0 amide bonds. The maximum atomic E-state index is 13.4. The van der Waals surface area contributed by atoms with Gasteiger partial charge in [0, 0.05) is 24.2 Å². The summed E-state index contributed by atoms with van der Waals surface area (Å²) in [4.78, 5) is 37.7. The van der Waals surface area contributed by atoms with Gasteiger partial charge in [-0.3, -0.25) is 14.4 Å². The third kappa shape index (κ3) is 2.07. The van der Waals surface area contributed by atoms with E-state index in [0.717, 1.165) is 31.3 Å². The fourth-order valence-electron chi connectivity index (χ4n) is 7.01. The summed E-state index contributed by atoms with van der Waals surface area (Å²) in [5.41, 5.74) is 4.27. The summed E-state index contributed by atoms with van der Waals surface area (Å²) < 4.78 is 0. The molecule has 0 bridgehead atoms. The topological polar surface area (TPSA) is 97.5 Å². The van der Waals surface area contributed by atoms with Crippen LogP contribution in [0.2, 0.25) is 0 Å². The van der Waals surface area contributed by atoms with Gasteiger partial charge in [0.05, 0.1) is 6.54 Å². The van der Waals surface area contributed by atoms with E-state index in [-0.39, 0.29) is 53.5 Å². The minimum atomic E-state index is -1.48. The molecule has 3 saturated carbocycles. The minimum Gasteiger partial charge on any atom is -0.381 e. The third-order valence-corrected chi connectivity index (χ3v) is 8.45. The number of rotatable bonds is 2. The molecule has 5 heteroatoms. The molecule has 0 aromatic carbocycles. The molecular formula is C21H29NO4. The number of aliphatic hydroxyl groups is 1. The Morgan fingerprint density at radius 2 is 1.96 bits per heavy atom. The lowest BCUT2D eigenvalue weighted by Gasteiger charge is -2.57. The van der Waals surface area contributed by atoms with E-state index in [2.05, 4.69) is 6.92 Å². The first kappa shape index (κ1) is 18.1. The van der Waals surface area contributed by atoms with Crippen molar-refractivity contribution in [2.75, 3.05) is 6.54 Å². The number of fused-ring (bicyclic) bond motifs is 5. The van der Waals surface area contributed by atoms with Crippen LogP contribution in [0.5, 0.6) is 0 Å². The predicted molar refractivity (Wildman–Crippen MR) is 96.1 cm³/mol. The van der Waals surface area contributed by atoms with Crippen molar-refractivity contribution in [2.45, 2.75) is 64.4 Å². The molecule has 4 aliphatic carbocycles. The molecule has 6 atom stereocenters. The Kier molecular flexibility index (Phi) is 3.88. The number of nitrogens with two attached hydrogens (primary N) is 1. The summed E-state index contributed by atoms with van der Waals surface area (Å²) in [6.45, 7) is 3.88. The van der Waals surface area contributed by atoms with E-state index in [0.29, 0.717) is 12.8 Å². The lowest BCUT2D eigenvalue weighted by Crippen LogP contribution is -2.61. The number of carbonyl (C=O) groups excluding carboxylic acids is 3. The second kappa shape index (κ2) is 5.59. The van der Waals surface area contributed by atoms with Crippen molar-refractivity contribution in [1.29, 1.82) is 0 Å². The minimum absolute atomic E-state index is 0.0935. The molecule has 26 heavy (non-hydrogen) atoms. The normalized spacial score (nSPS) is 47.7. The van der Waals surface area contributed by atoms with Crippen molar-refractivity contribution in [1.82, 2.24) is 0 Å². The average molecular weight is 359 g/mol. The van der Waals surface area contributed by atoms with Gasteiger partial charge in [0.25, 0.3) is 0 Å². The van der Waals surface area contributed by atoms with Gasteiger partial charge in [0.2, 0.25) is 0 Å². The summed E-state index contributed by atoms with van der Waals surface area (Å²) in [6, 6.07) is 0. The van der Waals surface area contributed by atoms with Crippen LogP contribution in [0.3, 0.4) is 0 Å². The summed E-state index contributed by atoms with van der Waals surface area (Å²) in [5.74, 6) is 0.232. The van der Waals surface area contributed by atoms with E-state index in [1.165, 1.54) is 0 Å². The zero-order valence-corrected chi connectivity index (χ0v) is 15.7. The van der Waals surface area contributed by atoms with Gasteiger partial charge in [-0.15, -0.1) is 0 Å². The number of hydrogen-bond donors (Lipinski definition) is 2. The van der Waals surface area contributed by atoms with Gasteiger partial charge in [0.1, 0.15) is 11.4 Å². The summed E-state index contributed by atoms with van der Waals surface area (Å²) in [7, 11) is 0. The Balaban J connectivity index is 1.75. The molecule has 3 N–H and O–H groups in total. The molecule has 2 unspecified atom stereocenters. The Labute approximate surface area is 154 Å². The quantitative estimate of drug-likeness (QED) is 0.785. The SMILES string of the molecule is CC12CCC(=O)C=C1CC[C@@H]1[C@@H]2C(=O)CC2(C)[C@H]1CC[C@]2(O)C(=O)CN. The van der Waals surface area contributed by atoms with Crippen LogP contribution in [-0.2, 0) is 14.4 Å². The van der Waals surface area contributed by atoms with Crippen molar-refractivity contribution >= 4 is 17.3 Å². The van der Waals surface area contributed by atoms with E-state index in [4.69, 9.17) is 5.73 Å². The Bertz CT molecular complexity index is 728. The van der Waals surface area contributed by atoms with Crippen LogP contribution in [-0.4, -0.2) is 34.6 Å². The second-order valence-electron chi connectivity index (χ2n) is 9.43. The van der Waals surface area contributed by atoms with Crippen LogP contribution in [0.1, 0.15) is 58.8 Å². The summed E-state index contributed by atoms with van der Waals surface area (Å²) in [6.07, 6.45) is 6.13. The predicted octanol–water partition coefficient (Wildman–Crippen LogP) is 1.96.